The van der Waals surface area contributed by atoms with Gasteiger partial charge in [-0.25, -0.2) is 0 Å². The van der Waals surface area contributed by atoms with Gasteiger partial charge in [-0.15, -0.1) is 11.8 Å². The number of hydrogen-bond acceptors (Lipinski definition) is 3. The highest BCUT2D eigenvalue weighted by Crippen LogP contribution is 2.24. The van der Waals surface area contributed by atoms with E-state index in [9.17, 15) is 5.11 Å². The van der Waals surface area contributed by atoms with E-state index < -0.39 is 0 Å². The van der Waals surface area contributed by atoms with Gasteiger partial charge < -0.3 is 10.0 Å². The van der Waals surface area contributed by atoms with Crippen molar-refractivity contribution in [3.63, 3.8) is 0 Å². The molecular weight excluding hydrogens is 314 g/mol. The first kappa shape index (κ1) is 17.5. The lowest BCUT2D eigenvalue weighted by Gasteiger charge is -2.29. The van der Waals surface area contributed by atoms with Gasteiger partial charge in [0.15, 0.2) is 0 Å². The summed E-state index contributed by atoms with van der Waals surface area (Å²) in [5, 5.41) is 9.59. The molecule has 1 saturated heterocycles. The molecule has 2 aromatic rings. The smallest absolute Gasteiger partial charge is 0.0564 e. The van der Waals surface area contributed by atoms with Gasteiger partial charge in [0, 0.05) is 23.7 Å². The zero-order valence-electron chi connectivity index (χ0n) is 14.2. The first-order valence-electron chi connectivity index (χ1n) is 8.96. The Kier molecular flexibility index (Phi) is 6.76. The zero-order chi connectivity index (χ0) is 16.6. The summed E-state index contributed by atoms with van der Waals surface area (Å²) in [6, 6.07) is 19.5. The average Bonchev–Trinajstić information content (AvgIpc) is 2.63. The third kappa shape index (κ3) is 5.37. The number of nitrogens with zero attached hydrogens (tertiary/aromatic N) is 1. The SMILES string of the molecule is OC1CCN(CCCc2ccccc2CSc2ccccc2)CC1. The van der Waals surface area contributed by atoms with Crippen molar-refractivity contribution >= 4 is 11.8 Å². The van der Waals surface area contributed by atoms with E-state index in [0.29, 0.717) is 0 Å². The molecule has 1 heterocycles. The number of likely N-dealkylation sites (tertiary alicyclic amines) is 1. The fourth-order valence-electron chi connectivity index (χ4n) is 3.26. The first-order chi connectivity index (χ1) is 11.8. The van der Waals surface area contributed by atoms with Gasteiger partial charge in [-0.05, 0) is 55.5 Å². The molecular formula is C21H27NOS. The van der Waals surface area contributed by atoms with E-state index in [0.717, 1.165) is 44.6 Å². The van der Waals surface area contributed by atoms with Crippen molar-refractivity contribution in [2.24, 2.45) is 0 Å². The summed E-state index contributed by atoms with van der Waals surface area (Å²) in [7, 11) is 0. The number of thioether (sulfide) groups is 1. The molecule has 128 valence electrons. The number of aryl methyl sites for hydroxylation is 1. The van der Waals surface area contributed by atoms with Crippen LogP contribution in [0.5, 0.6) is 0 Å². The lowest BCUT2D eigenvalue weighted by molar-refractivity contribution is 0.0821. The van der Waals surface area contributed by atoms with Gasteiger partial charge in [-0.1, -0.05) is 42.5 Å². The second-order valence-corrected chi connectivity index (χ2v) is 7.60. The van der Waals surface area contributed by atoms with Crippen LogP contribution >= 0.6 is 11.8 Å². The van der Waals surface area contributed by atoms with Crippen molar-refractivity contribution in [1.29, 1.82) is 0 Å². The Hall–Kier alpha value is -1.29. The van der Waals surface area contributed by atoms with E-state index in [1.165, 1.54) is 22.4 Å². The van der Waals surface area contributed by atoms with Gasteiger partial charge in [0.05, 0.1) is 6.10 Å². The summed E-state index contributed by atoms with van der Waals surface area (Å²) in [6.45, 7) is 3.24. The largest absolute Gasteiger partial charge is 0.393 e. The van der Waals surface area contributed by atoms with Crippen LogP contribution in [0.2, 0.25) is 0 Å². The lowest BCUT2D eigenvalue weighted by atomic mass is 10.0. The van der Waals surface area contributed by atoms with Crippen molar-refractivity contribution in [2.45, 2.75) is 42.4 Å². The molecule has 1 fully saturated rings. The predicted molar refractivity (Wildman–Crippen MR) is 102 cm³/mol. The first-order valence-corrected chi connectivity index (χ1v) is 9.95. The fourth-order valence-corrected chi connectivity index (χ4v) is 4.21. The normalized spacial score (nSPS) is 16.4. The molecule has 0 atom stereocenters. The van der Waals surface area contributed by atoms with Crippen LogP contribution in [0.1, 0.15) is 30.4 Å². The third-order valence-corrected chi connectivity index (χ3v) is 5.79. The molecule has 2 aromatic carbocycles. The van der Waals surface area contributed by atoms with Crippen LogP contribution in [0.15, 0.2) is 59.5 Å². The van der Waals surface area contributed by atoms with E-state index in [-0.39, 0.29) is 6.10 Å². The van der Waals surface area contributed by atoms with E-state index in [4.69, 9.17) is 0 Å². The maximum absolute atomic E-state index is 9.59. The molecule has 0 saturated carbocycles. The topological polar surface area (TPSA) is 23.5 Å². The van der Waals surface area contributed by atoms with Gasteiger partial charge in [-0.3, -0.25) is 0 Å². The van der Waals surface area contributed by atoms with Crippen LogP contribution in [0.3, 0.4) is 0 Å². The number of aliphatic hydroxyl groups excluding tert-OH is 1. The summed E-state index contributed by atoms with van der Waals surface area (Å²) in [6.07, 6.45) is 4.14. The number of rotatable bonds is 7. The standard InChI is InChI=1S/C21H27NOS/c23-20-12-15-22(16-13-20)14-6-9-18-7-4-5-8-19(18)17-24-21-10-2-1-3-11-21/h1-5,7-8,10-11,20,23H,6,9,12-17H2. The van der Waals surface area contributed by atoms with E-state index in [1.807, 2.05) is 11.8 Å². The predicted octanol–water partition coefficient (Wildman–Crippen LogP) is 4.37. The minimum atomic E-state index is -0.0722. The van der Waals surface area contributed by atoms with Crippen LogP contribution in [-0.4, -0.2) is 35.7 Å². The summed E-state index contributed by atoms with van der Waals surface area (Å²) in [5.74, 6) is 1.04. The average molecular weight is 342 g/mol. The molecule has 0 aliphatic carbocycles. The highest BCUT2D eigenvalue weighted by molar-refractivity contribution is 7.98. The van der Waals surface area contributed by atoms with Gasteiger partial charge in [0.25, 0.3) is 0 Å². The molecule has 0 amide bonds. The lowest BCUT2D eigenvalue weighted by Crippen LogP contribution is -2.36. The summed E-state index contributed by atoms with van der Waals surface area (Å²) in [4.78, 5) is 3.83. The molecule has 2 nitrogen and oxygen atoms in total. The van der Waals surface area contributed by atoms with Crippen LogP contribution in [0.4, 0.5) is 0 Å². The Balaban J connectivity index is 1.48. The second kappa shape index (κ2) is 9.26. The summed E-state index contributed by atoms with van der Waals surface area (Å²) in [5.41, 5.74) is 2.94. The van der Waals surface area contributed by atoms with E-state index in [1.54, 1.807) is 0 Å². The minimum absolute atomic E-state index is 0.0722. The van der Waals surface area contributed by atoms with E-state index >= 15 is 0 Å². The molecule has 0 radical (unpaired) electrons. The maximum atomic E-state index is 9.59. The van der Waals surface area contributed by atoms with Crippen molar-refractivity contribution in [2.75, 3.05) is 19.6 Å². The number of hydrogen-bond donors (Lipinski definition) is 1. The number of aliphatic hydroxyl groups is 1. The quantitative estimate of drug-likeness (QED) is 0.757. The van der Waals surface area contributed by atoms with Crippen LogP contribution in [0.25, 0.3) is 0 Å². The van der Waals surface area contributed by atoms with Gasteiger partial charge in [-0.2, -0.15) is 0 Å². The second-order valence-electron chi connectivity index (χ2n) is 6.55. The molecule has 0 bridgehead atoms. The molecule has 1 aliphatic heterocycles. The van der Waals surface area contributed by atoms with Crippen molar-refractivity contribution in [1.82, 2.24) is 4.90 Å². The van der Waals surface area contributed by atoms with Crippen molar-refractivity contribution in [3.05, 3.63) is 65.7 Å². The highest BCUT2D eigenvalue weighted by Gasteiger charge is 2.16. The zero-order valence-corrected chi connectivity index (χ0v) is 15.0. The van der Waals surface area contributed by atoms with Crippen molar-refractivity contribution in [3.8, 4) is 0 Å². The Labute approximate surface area is 149 Å². The Morgan fingerprint density at radius 2 is 1.58 bits per heavy atom. The van der Waals surface area contributed by atoms with Gasteiger partial charge in [0.1, 0.15) is 0 Å². The molecule has 24 heavy (non-hydrogen) atoms. The molecule has 3 heteroatoms. The Morgan fingerprint density at radius 1 is 0.917 bits per heavy atom. The fraction of sp³-hybridized carbons (Fsp3) is 0.429. The number of piperidine rings is 1. The van der Waals surface area contributed by atoms with Crippen LogP contribution in [-0.2, 0) is 12.2 Å². The molecule has 3 rings (SSSR count). The van der Waals surface area contributed by atoms with Crippen molar-refractivity contribution < 1.29 is 5.11 Å². The van der Waals surface area contributed by atoms with Crippen LogP contribution in [0, 0.1) is 0 Å². The van der Waals surface area contributed by atoms with E-state index in [2.05, 4.69) is 59.5 Å². The third-order valence-electron chi connectivity index (χ3n) is 4.73. The van der Waals surface area contributed by atoms with Gasteiger partial charge in [0.2, 0.25) is 0 Å². The molecule has 0 spiro atoms. The highest BCUT2D eigenvalue weighted by atomic mass is 32.2. The van der Waals surface area contributed by atoms with Gasteiger partial charge >= 0.3 is 0 Å². The Bertz CT molecular complexity index is 608. The molecule has 1 aliphatic rings. The Morgan fingerprint density at radius 3 is 2.33 bits per heavy atom. The maximum Gasteiger partial charge on any atom is 0.0564 e. The van der Waals surface area contributed by atoms with Crippen LogP contribution < -0.4 is 0 Å². The minimum Gasteiger partial charge on any atom is -0.393 e. The molecule has 0 unspecified atom stereocenters. The monoisotopic (exact) mass is 341 g/mol. The summed E-state index contributed by atoms with van der Waals surface area (Å²) >= 11 is 1.91. The summed E-state index contributed by atoms with van der Waals surface area (Å²) < 4.78 is 0. The molecule has 1 N–H and O–H groups in total. The molecule has 0 aromatic heterocycles. The number of benzene rings is 2.